The van der Waals surface area contributed by atoms with Gasteiger partial charge in [0.1, 0.15) is 5.60 Å². The van der Waals surface area contributed by atoms with Crippen LogP contribution in [0.3, 0.4) is 0 Å². The maximum atomic E-state index is 12.4. The van der Waals surface area contributed by atoms with Gasteiger partial charge in [0, 0.05) is 6.04 Å². The number of benzene rings is 1. The summed E-state index contributed by atoms with van der Waals surface area (Å²) in [5.41, 5.74) is -0.552. The zero-order valence-electron chi connectivity index (χ0n) is 14.0. The highest BCUT2D eigenvalue weighted by molar-refractivity contribution is 5.68. The minimum atomic E-state index is -4.33. The molecule has 8 heteroatoms. The molecule has 136 valence electrons. The van der Waals surface area contributed by atoms with Crippen molar-refractivity contribution in [3.63, 3.8) is 0 Å². The van der Waals surface area contributed by atoms with Gasteiger partial charge < -0.3 is 15.2 Å². The van der Waals surface area contributed by atoms with Crippen molar-refractivity contribution in [1.82, 2.24) is 5.32 Å². The maximum absolute atomic E-state index is 12.4. The van der Waals surface area contributed by atoms with Gasteiger partial charge in [-0.05, 0) is 51.8 Å². The Morgan fingerprint density at radius 2 is 1.71 bits per heavy atom. The summed E-state index contributed by atoms with van der Waals surface area (Å²) >= 11 is 0. The number of hydrogen-bond donors (Lipinski definition) is 2. The van der Waals surface area contributed by atoms with Crippen molar-refractivity contribution in [2.45, 2.75) is 51.9 Å². The van der Waals surface area contributed by atoms with Crippen molar-refractivity contribution in [2.24, 2.45) is 0 Å². The fourth-order valence-electron chi connectivity index (χ4n) is 1.74. The van der Waals surface area contributed by atoms with E-state index in [1.165, 1.54) is 12.1 Å². The summed E-state index contributed by atoms with van der Waals surface area (Å²) in [5.74, 6) is 0. The summed E-state index contributed by atoms with van der Waals surface area (Å²) in [6.07, 6.45) is -4.45. The van der Waals surface area contributed by atoms with E-state index in [0.29, 0.717) is 12.0 Å². The van der Waals surface area contributed by atoms with Gasteiger partial charge in [-0.3, -0.25) is 4.79 Å². The van der Waals surface area contributed by atoms with Gasteiger partial charge in [-0.25, -0.2) is 4.79 Å². The standard InChI is InChI=1S/C15H20F3NO2.CH2O2/c1-10(19-13(20)21-14(2,3)4)9-11-5-7-12(8-6-11)15(16,17)18;2-1-3/h5-8,10H,9H2,1-4H3,(H,19,20);1H,(H,2,3). The van der Waals surface area contributed by atoms with Crippen LogP contribution in [0, 0.1) is 0 Å². The van der Waals surface area contributed by atoms with E-state index in [4.69, 9.17) is 14.6 Å². The van der Waals surface area contributed by atoms with Crippen molar-refractivity contribution >= 4 is 12.6 Å². The van der Waals surface area contributed by atoms with E-state index in [1.54, 1.807) is 27.7 Å². The maximum Gasteiger partial charge on any atom is 0.416 e. The highest BCUT2D eigenvalue weighted by Crippen LogP contribution is 2.29. The third kappa shape index (κ3) is 9.70. The molecule has 2 N–H and O–H groups in total. The zero-order chi connectivity index (χ0) is 19.0. The largest absolute Gasteiger partial charge is 0.483 e. The molecule has 0 aliphatic heterocycles. The average Bonchev–Trinajstić information content (AvgIpc) is 2.36. The minimum absolute atomic E-state index is 0.239. The molecule has 1 amide bonds. The molecule has 1 atom stereocenters. The third-order valence-electron chi connectivity index (χ3n) is 2.59. The van der Waals surface area contributed by atoms with Crippen LogP contribution in [0.25, 0.3) is 0 Å². The number of carbonyl (C=O) groups excluding carboxylic acids is 1. The molecular formula is C16H22F3NO4. The molecule has 0 aromatic heterocycles. The van der Waals surface area contributed by atoms with Crippen molar-refractivity contribution in [1.29, 1.82) is 0 Å². The van der Waals surface area contributed by atoms with Gasteiger partial charge in [0.15, 0.2) is 0 Å². The Bertz CT molecular complexity index is 522. The van der Waals surface area contributed by atoms with Crippen LogP contribution in [0.15, 0.2) is 24.3 Å². The van der Waals surface area contributed by atoms with E-state index >= 15 is 0 Å². The van der Waals surface area contributed by atoms with E-state index < -0.39 is 23.4 Å². The Kier molecular flexibility index (Phi) is 8.29. The van der Waals surface area contributed by atoms with Crippen molar-refractivity contribution in [3.05, 3.63) is 35.4 Å². The molecule has 1 rings (SSSR count). The molecule has 24 heavy (non-hydrogen) atoms. The van der Waals surface area contributed by atoms with Crippen LogP contribution >= 0.6 is 0 Å². The lowest BCUT2D eigenvalue weighted by Gasteiger charge is -2.22. The van der Waals surface area contributed by atoms with Gasteiger partial charge in [0.2, 0.25) is 0 Å². The second-order valence-corrected chi connectivity index (χ2v) is 6.05. The molecule has 0 saturated carbocycles. The summed E-state index contributed by atoms with van der Waals surface area (Å²) < 4.78 is 42.4. The van der Waals surface area contributed by atoms with Crippen molar-refractivity contribution < 1.29 is 32.6 Å². The quantitative estimate of drug-likeness (QED) is 0.813. The molecule has 1 aromatic rings. The Hall–Kier alpha value is -2.25. The number of hydrogen-bond acceptors (Lipinski definition) is 3. The van der Waals surface area contributed by atoms with Gasteiger partial charge >= 0.3 is 12.3 Å². The van der Waals surface area contributed by atoms with E-state index in [0.717, 1.165) is 12.1 Å². The smallest absolute Gasteiger partial charge is 0.416 e. The molecule has 5 nitrogen and oxygen atoms in total. The van der Waals surface area contributed by atoms with Crippen LogP contribution in [-0.2, 0) is 22.1 Å². The number of alkyl carbamates (subject to hydrolysis) is 1. The average molecular weight is 349 g/mol. The van der Waals surface area contributed by atoms with Crippen molar-refractivity contribution in [3.8, 4) is 0 Å². The fourth-order valence-corrected chi connectivity index (χ4v) is 1.74. The van der Waals surface area contributed by atoms with E-state index in [1.807, 2.05) is 0 Å². The Balaban J connectivity index is 0.00000163. The molecule has 0 fully saturated rings. The van der Waals surface area contributed by atoms with Crippen LogP contribution in [0.2, 0.25) is 0 Å². The SMILES string of the molecule is CC(Cc1ccc(C(F)(F)F)cc1)NC(=O)OC(C)(C)C.O=CO. The zero-order valence-corrected chi connectivity index (χ0v) is 14.0. The first kappa shape index (κ1) is 21.8. The Morgan fingerprint density at radius 1 is 1.25 bits per heavy atom. The lowest BCUT2D eigenvalue weighted by Crippen LogP contribution is -2.38. The van der Waals surface area contributed by atoms with Crippen LogP contribution < -0.4 is 5.32 Å². The summed E-state index contributed by atoms with van der Waals surface area (Å²) in [5, 5.41) is 9.54. The second kappa shape index (κ2) is 9.14. The Labute approximate surface area is 138 Å². The van der Waals surface area contributed by atoms with Crippen LogP contribution in [0.5, 0.6) is 0 Å². The summed E-state index contributed by atoms with van der Waals surface area (Å²) in [7, 11) is 0. The minimum Gasteiger partial charge on any atom is -0.483 e. The molecule has 0 radical (unpaired) electrons. The van der Waals surface area contributed by atoms with E-state index in [9.17, 15) is 18.0 Å². The lowest BCUT2D eigenvalue weighted by molar-refractivity contribution is -0.137. The van der Waals surface area contributed by atoms with E-state index in [-0.39, 0.29) is 12.5 Å². The predicted molar refractivity (Wildman–Crippen MR) is 82.7 cm³/mol. The summed E-state index contributed by atoms with van der Waals surface area (Å²) in [4.78, 5) is 19.9. The first-order chi connectivity index (χ1) is 10.9. The fraction of sp³-hybridized carbons (Fsp3) is 0.500. The number of amides is 1. The molecule has 0 saturated heterocycles. The number of ether oxygens (including phenoxy) is 1. The van der Waals surface area contributed by atoms with Crippen LogP contribution in [0.1, 0.15) is 38.8 Å². The number of nitrogens with one attached hydrogen (secondary N) is 1. The van der Waals surface area contributed by atoms with Crippen molar-refractivity contribution in [2.75, 3.05) is 0 Å². The van der Waals surface area contributed by atoms with Crippen LogP contribution in [-0.4, -0.2) is 29.3 Å². The number of halogens is 3. The Morgan fingerprint density at radius 3 is 2.08 bits per heavy atom. The first-order valence-corrected chi connectivity index (χ1v) is 7.12. The van der Waals surface area contributed by atoms with Gasteiger partial charge in [-0.1, -0.05) is 12.1 Å². The van der Waals surface area contributed by atoms with Gasteiger partial charge in [0.25, 0.3) is 6.47 Å². The number of rotatable bonds is 3. The lowest BCUT2D eigenvalue weighted by atomic mass is 10.1. The molecule has 0 aliphatic rings. The number of carbonyl (C=O) groups is 2. The molecule has 1 aromatic carbocycles. The monoisotopic (exact) mass is 349 g/mol. The highest BCUT2D eigenvalue weighted by atomic mass is 19.4. The second-order valence-electron chi connectivity index (χ2n) is 6.05. The molecule has 1 unspecified atom stereocenters. The third-order valence-corrected chi connectivity index (χ3v) is 2.59. The van der Waals surface area contributed by atoms with Gasteiger partial charge in [-0.2, -0.15) is 13.2 Å². The molecule has 0 spiro atoms. The number of alkyl halides is 3. The molecule has 0 bridgehead atoms. The van der Waals surface area contributed by atoms with E-state index in [2.05, 4.69) is 5.32 Å². The van der Waals surface area contributed by atoms with Gasteiger partial charge in [-0.15, -0.1) is 0 Å². The summed E-state index contributed by atoms with van der Waals surface area (Å²) in [6.45, 7) is 6.79. The summed E-state index contributed by atoms with van der Waals surface area (Å²) in [6, 6.07) is 4.66. The number of carboxylic acid groups (broad SMARTS) is 1. The van der Waals surface area contributed by atoms with Crippen LogP contribution in [0.4, 0.5) is 18.0 Å². The molecular weight excluding hydrogens is 327 g/mol. The molecule has 0 heterocycles. The van der Waals surface area contributed by atoms with Gasteiger partial charge in [0.05, 0.1) is 5.56 Å². The first-order valence-electron chi connectivity index (χ1n) is 7.12. The predicted octanol–water partition coefficient (Wildman–Crippen LogP) is 3.86. The molecule has 0 aliphatic carbocycles. The topological polar surface area (TPSA) is 75.6 Å². The normalized spacial score (nSPS) is 12.5. The highest BCUT2D eigenvalue weighted by Gasteiger charge is 2.30.